The van der Waals surface area contributed by atoms with Gasteiger partial charge in [-0.15, -0.1) is 0 Å². The Morgan fingerprint density at radius 3 is 2.25 bits per heavy atom. The maximum absolute atomic E-state index is 7.51. The van der Waals surface area contributed by atoms with Crippen LogP contribution in [-0.2, 0) is 0 Å². The van der Waals surface area contributed by atoms with Crippen LogP contribution in [-0.4, -0.2) is 5.87 Å². The van der Waals surface area contributed by atoms with Gasteiger partial charge < -0.3 is 11.1 Å². The first kappa shape index (κ1) is 3.41. The topological polar surface area (TPSA) is 49.9 Å². The third-order valence-corrected chi connectivity index (χ3v) is 0.0913. The number of hydrogen-bond donors (Lipinski definition) is 1. The van der Waals surface area contributed by atoms with E-state index in [1.54, 1.807) is 5.87 Å². The van der Waals surface area contributed by atoms with Crippen molar-refractivity contribution in [2.75, 3.05) is 0 Å². The second kappa shape index (κ2) is 2.41. The van der Waals surface area contributed by atoms with Gasteiger partial charge in [0.15, 0.2) is 0 Å². The van der Waals surface area contributed by atoms with Gasteiger partial charge >= 0.3 is 0 Å². The lowest BCUT2D eigenvalue weighted by atomic mass is 11.0. The van der Waals surface area contributed by atoms with E-state index in [1.165, 1.54) is 6.20 Å². The molecule has 0 spiro atoms. The first-order valence-electron chi connectivity index (χ1n) is 0.921. The Morgan fingerprint density at radius 2 is 2.25 bits per heavy atom. The summed E-state index contributed by atoms with van der Waals surface area (Å²) in [7, 11) is 0. The van der Waals surface area contributed by atoms with Crippen LogP contribution in [0, 0.1) is 0 Å². The molecule has 0 saturated carbocycles. The average Bonchev–Trinajstić information content (AvgIpc) is 1.37. The molecule has 0 unspecified atom stereocenters. The first-order chi connectivity index (χ1) is 1.91. The molecule has 0 saturated heterocycles. The minimum atomic E-state index is 1.18. The molecule has 0 aliphatic rings. The lowest BCUT2D eigenvalue weighted by Gasteiger charge is -1.51. The normalized spacial score (nSPS) is 4.25. The van der Waals surface area contributed by atoms with E-state index in [4.69, 9.17) is 5.41 Å². The Bertz CT molecular complexity index is 42.0. The van der Waals surface area contributed by atoms with Crippen LogP contribution in [0.1, 0.15) is 0 Å². The van der Waals surface area contributed by atoms with Crippen molar-refractivity contribution in [1.82, 2.24) is 0 Å². The summed E-state index contributed by atoms with van der Waals surface area (Å²) >= 11 is 0. The summed E-state index contributed by atoms with van der Waals surface area (Å²) in [5, 5.41) is 7.51. The molecular formula is C2H4N2. The highest BCUT2D eigenvalue weighted by molar-refractivity contribution is 5.51. The molecule has 0 aromatic carbocycles. The third-order valence-electron chi connectivity index (χ3n) is 0.0913. The zero-order valence-electron chi connectivity index (χ0n) is 2.23. The van der Waals surface area contributed by atoms with Crippen LogP contribution in [0.2, 0.25) is 0 Å². The smallest absolute Gasteiger partial charge is 0.111 e. The van der Waals surface area contributed by atoms with Crippen LogP contribution in [0.4, 0.5) is 0 Å². The van der Waals surface area contributed by atoms with E-state index in [0.717, 1.165) is 0 Å². The van der Waals surface area contributed by atoms with Gasteiger partial charge in [0.1, 0.15) is 6.20 Å². The fourth-order valence-corrected chi connectivity index (χ4v) is 0. The predicted molar refractivity (Wildman–Crippen MR) is 15.8 cm³/mol. The first-order valence-corrected chi connectivity index (χ1v) is 0.921. The van der Waals surface area contributed by atoms with Crippen LogP contribution in [0.25, 0.3) is 5.41 Å². The summed E-state index contributed by atoms with van der Waals surface area (Å²) in [6.07, 6.45) is 1.18. The number of hydrogen-bond acceptors (Lipinski definition) is 0. The molecular weight excluding hydrogens is 52.0 g/mol. The number of nitrogens with zero attached hydrogens (tertiary/aromatic N) is 1. The molecule has 0 fully saturated rings. The van der Waals surface area contributed by atoms with Crippen molar-refractivity contribution in [1.29, 1.82) is 0 Å². The standard InChI is InChI=1S/C2H3N2/c3-1-2-4/h1H,3H2/q-1/p+1. The Hall–Kier alpha value is -0.590. The molecule has 4 heavy (non-hydrogen) atoms. The van der Waals surface area contributed by atoms with Crippen molar-refractivity contribution in [2.45, 2.75) is 0 Å². The average molecular weight is 56.1 g/mol. The van der Waals surface area contributed by atoms with Gasteiger partial charge in [-0.3, -0.25) is 0 Å². The van der Waals surface area contributed by atoms with E-state index in [-0.39, 0.29) is 0 Å². The zero-order chi connectivity index (χ0) is 3.41. The minimum absolute atomic E-state index is 1.18. The summed E-state index contributed by atoms with van der Waals surface area (Å²) in [5.74, 6) is 1.69. The van der Waals surface area contributed by atoms with Gasteiger partial charge in [0.05, 0.1) is 0 Å². The SMILES string of the molecule is [N-]=C=C[NH3+]. The van der Waals surface area contributed by atoms with E-state index in [0.29, 0.717) is 0 Å². The van der Waals surface area contributed by atoms with E-state index in [1.807, 2.05) is 0 Å². The van der Waals surface area contributed by atoms with E-state index < -0.39 is 0 Å². The molecule has 22 valence electrons. The Labute approximate surface area is 24.4 Å². The van der Waals surface area contributed by atoms with Crippen molar-refractivity contribution in [2.24, 2.45) is 0 Å². The van der Waals surface area contributed by atoms with Crippen LogP contribution in [0.15, 0.2) is 6.20 Å². The van der Waals surface area contributed by atoms with E-state index >= 15 is 0 Å². The van der Waals surface area contributed by atoms with Gasteiger partial charge in [0.25, 0.3) is 0 Å². The van der Waals surface area contributed by atoms with E-state index in [2.05, 4.69) is 5.73 Å². The Kier molecular flexibility index (Phi) is 2.05. The summed E-state index contributed by atoms with van der Waals surface area (Å²) < 4.78 is 0. The zero-order valence-corrected chi connectivity index (χ0v) is 2.23. The van der Waals surface area contributed by atoms with E-state index in [9.17, 15) is 0 Å². The van der Waals surface area contributed by atoms with Crippen molar-refractivity contribution < 1.29 is 5.73 Å². The summed E-state index contributed by atoms with van der Waals surface area (Å²) in [6, 6.07) is 0. The molecule has 3 N–H and O–H groups in total. The second-order valence-corrected chi connectivity index (χ2v) is 0.333. The Balaban J connectivity index is 3.11. The monoisotopic (exact) mass is 56.0 g/mol. The lowest BCUT2D eigenvalue weighted by Crippen LogP contribution is -2.39. The number of rotatable bonds is 0. The van der Waals surface area contributed by atoms with Crippen LogP contribution < -0.4 is 5.73 Å². The second-order valence-electron chi connectivity index (χ2n) is 0.333. The van der Waals surface area contributed by atoms with Gasteiger partial charge in [0, 0.05) is 0 Å². The summed E-state index contributed by atoms with van der Waals surface area (Å²) in [6.45, 7) is 0. The molecule has 0 rings (SSSR count). The lowest BCUT2D eigenvalue weighted by molar-refractivity contribution is -0.271. The van der Waals surface area contributed by atoms with Gasteiger partial charge in [-0.25, -0.2) is 5.87 Å². The van der Waals surface area contributed by atoms with Crippen molar-refractivity contribution in [3.05, 3.63) is 11.6 Å². The van der Waals surface area contributed by atoms with Gasteiger partial charge in [0.2, 0.25) is 0 Å². The molecule has 0 aromatic heterocycles. The predicted octanol–water partition coefficient (Wildman–Crippen LogP) is -1.02. The highest BCUT2D eigenvalue weighted by atomic mass is 14.5. The fraction of sp³-hybridized carbons (Fsp3) is 0. The molecule has 0 aromatic rings. The molecule has 2 nitrogen and oxygen atoms in total. The molecule has 0 radical (unpaired) electrons. The van der Waals surface area contributed by atoms with Crippen molar-refractivity contribution in [3.8, 4) is 0 Å². The van der Waals surface area contributed by atoms with Gasteiger partial charge in [-0.1, -0.05) is 0 Å². The van der Waals surface area contributed by atoms with Crippen LogP contribution in [0.3, 0.4) is 0 Å². The van der Waals surface area contributed by atoms with Crippen LogP contribution in [0.5, 0.6) is 0 Å². The minimum Gasteiger partial charge on any atom is -0.759 e. The maximum atomic E-state index is 7.51. The largest absolute Gasteiger partial charge is 0.759 e. The molecule has 2 heteroatoms. The maximum Gasteiger partial charge on any atom is 0.111 e. The van der Waals surface area contributed by atoms with Gasteiger partial charge in [-0.2, -0.15) is 0 Å². The summed E-state index contributed by atoms with van der Waals surface area (Å²) in [5.41, 5.74) is 3.12. The highest BCUT2D eigenvalue weighted by Crippen LogP contribution is 1.12. The molecule has 0 amide bonds. The molecule has 0 aliphatic carbocycles. The molecule has 0 atom stereocenters. The Morgan fingerprint density at radius 1 is 2.00 bits per heavy atom. The fourth-order valence-electron chi connectivity index (χ4n) is 0. The van der Waals surface area contributed by atoms with Gasteiger partial charge in [-0.05, 0) is 0 Å². The number of quaternary nitrogens is 1. The van der Waals surface area contributed by atoms with Crippen molar-refractivity contribution >= 4 is 5.87 Å². The molecule has 0 aliphatic heterocycles. The molecule has 0 bridgehead atoms. The quantitative estimate of drug-likeness (QED) is 0.345. The highest BCUT2D eigenvalue weighted by Gasteiger charge is 1.20. The molecule has 0 heterocycles. The third kappa shape index (κ3) is 1.41. The summed E-state index contributed by atoms with van der Waals surface area (Å²) in [4.78, 5) is 0. The van der Waals surface area contributed by atoms with Crippen LogP contribution >= 0.6 is 0 Å². The van der Waals surface area contributed by atoms with Crippen molar-refractivity contribution in [3.63, 3.8) is 0 Å².